The van der Waals surface area contributed by atoms with Crippen LogP contribution in [0.2, 0.25) is 0 Å². The van der Waals surface area contributed by atoms with Crippen LogP contribution in [0.5, 0.6) is 0 Å². The molecule has 0 amide bonds. The van der Waals surface area contributed by atoms with Gasteiger partial charge in [-0.05, 0) is 24.7 Å². The molecule has 1 aromatic rings. The Balaban J connectivity index is 1.91. The molecular formula is C15H20N2S. The Hall–Kier alpha value is -0.980. The Morgan fingerprint density at radius 2 is 2.11 bits per heavy atom. The fourth-order valence-electron chi connectivity index (χ4n) is 2.49. The summed E-state index contributed by atoms with van der Waals surface area (Å²) in [5.74, 6) is 0. The Kier molecular flexibility index (Phi) is 4.31. The molecule has 2 nitrogen and oxygen atoms in total. The van der Waals surface area contributed by atoms with E-state index in [9.17, 15) is 5.26 Å². The van der Waals surface area contributed by atoms with Crippen LogP contribution in [0.4, 0.5) is 0 Å². The summed E-state index contributed by atoms with van der Waals surface area (Å²) in [6.45, 7) is 3.26. The van der Waals surface area contributed by atoms with Crippen molar-refractivity contribution in [1.29, 1.82) is 5.26 Å². The van der Waals surface area contributed by atoms with Crippen molar-refractivity contribution in [3.8, 4) is 6.07 Å². The SMILES string of the molecule is CSC(C)CNC1CC(C#N)(c2ccccc2)C1. The summed E-state index contributed by atoms with van der Waals surface area (Å²) in [5.41, 5.74) is 0.921. The molecule has 18 heavy (non-hydrogen) atoms. The zero-order valence-electron chi connectivity index (χ0n) is 11.0. The monoisotopic (exact) mass is 260 g/mol. The lowest BCUT2D eigenvalue weighted by atomic mass is 9.62. The van der Waals surface area contributed by atoms with Gasteiger partial charge in [0, 0.05) is 17.8 Å². The third-order valence-electron chi connectivity index (χ3n) is 3.83. The van der Waals surface area contributed by atoms with Gasteiger partial charge in [0.2, 0.25) is 0 Å². The van der Waals surface area contributed by atoms with Crippen LogP contribution in [0.25, 0.3) is 0 Å². The Morgan fingerprint density at radius 1 is 1.44 bits per heavy atom. The molecule has 1 atom stereocenters. The largest absolute Gasteiger partial charge is 0.313 e. The van der Waals surface area contributed by atoms with Crippen LogP contribution in [0.15, 0.2) is 30.3 Å². The van der Waals surface area contributed by atoms with Crippen molar-refractivity contribution in [2.45, 2.75) is 36.5 Å². The molecule has 0 radical (unpaired) electrons. The van der Waals surface area contributed by atoms with Gasteiger partial charge in [-0.1, -0.05) is 37.3 Å². The molecular weight excluding hydrogens is 240 g/mol. The predicted octanol–water partition coefficient (Wildman–Crippen LogP) is 2.95. The summed E-state index contributed by atoms with van der Waals surface area (Å²) in [6, 6.07) is 13.2. The second kappa shape index (κ2) is 5.77. The molecule has 0 spiro atoms. The highest BCUT2D eigenvalue weighted by molar-refractivity contribution is 7.99. The quantitative estimate of drug-likeness (QED) is 0.884. The van der Waals surface area contributed by atoms with Gasteiger partial charge in [-0.15, -0.1) is 0 Å². The third kappa shape index (κ3) is 2.71. The lowest BCUT2D eigenvalue weighted by molar-refractivity contribution is 0.228. The lowest BCUT2D eigenvalue weighted by Crippen LogP contribution is -2.52. The second-order valence-electron chi connectivity index (χ2n) is 5.12. The normalized spacial score (nSPS) is 28.2. The molecule has 1 aliphatic carbocycles. The first kappa shape index (κ1) is 13.5. The number of nitrogens with one attached hydrogen (secondary N) is 1. The van der Waals surface area contributed by atoms with E-state index in [4.69, 9.17) is 0 Å². The van der Waals surface area contributed by atoms with Gasteiger partial charge in [0.15, 0.2) is 0 Å². The summed E-state index contributed by atoms with van der Waals surface area (Å²) in [4.78, 5) is 0. The lowest BCUT2D eigenvalue weighted by Gasteiger charge is -2.43. The van der Waals surface area contributed by atoms with E-state index in [1.54, 1.807) is 0 Å². The minimum atomic E-state index is -0.248. The minimum Gasteiger partial charge on any atom is -0.313 e. The van der Waals surface area contributed by atoms with E-state index in [0.717, 1.165) is 19.4 Å². The topological polar surface area (TPSA) is 35.8 Å². The van der Waals surface area contributed by atoms with Crippen molar-refractivity contribution < 1.29 is 0 Å². The maximum atomic E-state index is 9.45. The molecule has 0 bridgehead atoms. The molecule has 0 aliphatic heterocycles. The zero-order chi connectivity index (χ0) is 13.0. The Morgan fingerprint density at radius 3 is 2.67 bits per heavy atom. The number of hydrogen-bond donors (Lipinski definition) is 1. The van der Waals surface area contributed by atoms with Gasteiger partial charge in [-0.25, -0.2) is 0 Å². The maximum absolute atomic E-state index is 9.45. The van der Waals surface area contributed by atoms with Crippen LogP contribution < -0.4 is 5.32 Å². The molecule has 0 heterocycles. The number of thioether (sulfide) groups is 1. The van der Waals surface area contributed by atoms with E-state index in [1.165, 1.54) is 5.56 Å². The number of nitriles is 1. The van der Waals surface area contributed by atoms with Gasteiger partial charge in [-0.3, -0.25) is 0 Å². The highest BCUT2D eigenvalue weighted by Crippen LogP contribution is 2.43. The van der Waals surface area contributed by atoms with E-state index in [-0.39, 0.29) is 5.41 Å². The zero-order valence-corrected chi connectivity index (χ0v) is 11.8. The molecule has 1 aromatic carbocycles. The fraction of sp³-hybridized carbons (Fsp3) is 0.533. The molecule has 1 unspecified atom stereocenters. The van der Waals surface area contributed by atoms with E-state index >= 15 is 0 Å². The van der Waals surface area contributed by atoms with Crippen molar-refractivity contribution in [1.82, 2.24) is 5.32 Å². The molecule has 96 valence electrons. The number of benzene rings is 1. The smallest absolute Gasteiger partial charge is 0.0852 e. The van der Waals surface area contributed by atoms with Gasteiger partial charge in [0.05, 0.1) is 11.5 Å². The van der Waals surface area contributed by atoms with Crippen LogP contribution in [0, 0.1) is 11.3 Å². The Labute approximate surface area is 114 Å². The highest BCUT2D eigenvalue weighted by Gasteiger charge is 2.45. The molecule has 1 aliphatic rings. The van der Waals surface area contributed by atoms with Gasteiger partial charge >= 0.3 is 0 Å². The average Bonchev–Trinajstić information content (AvgIpc) is 2.38. The molecule has 1 saturated carbocycles. The molecule has 0 aromatic heterocycles. The standard InChI is InChI=1S/C15H20N2S/c1-12(18-2)10-17-14-8-15(9-14,11-16)13-6-4-3-5-7-13/h3-7,12,14,17H,8-10H2,1-2H3. The molecule has 1 fully saturated rings. The maximum Gasteiger partial charge on any atom is 0.0852 e. The highest BCUT2D eigenvalue weighted by atomic mass is 32.2. The van der Waals surface area contributed by atoms with E-state index in [1.807, 2.05) is 30.0 Å². The van der Waals surface area contributed by atoms with Crippen molar-refractivity contribution in [3.63, 3.8) is 0 Å². The summed E-state index contributed by atoms with van der Waals surface area (Å²) in [7, 11) is 0. The van der Waals surface area contributed by atoms with Gasteiger partial charge in [-0.2, -0.15) is 17.0 Å². The summed E-state index contributed by atoms with van der Waals surface area (Å²) < 4.78 is 0. The number of nitrogens with zero attached hydrogens (tertiary/aromatic N) is 1. The van der Waals surface area contributed by atoms with Crippen LogP contribution in [0.1, 0.15) is 25.3 Å². The van der Waals surface area contributed by atoms with Crippen molar-refractivity contribution in [2.75, 3.05) is 12.8 Å². The molecule has 2 rings (SSSR count). The minimum absolute atomic E-state index is 0.248. The number of rotatable bonds is 5. The van der Waals surface area contributed by atoms with Gasteiger partial charge in [0.25, 0.3) is 0 Å². The van der Waals surface area contributed by atoms with Crippen molar-refractivity contribution in [2.24, 2.45) is 0 Å². The summed E-state index contributed by atoms with van der Waals surface area (Å²) >= 11 is 1.88. The first-order valence-corrected chi connectivity index (χ1v) is 7.72. The van der Waals surface area contributed by atoms with Gasteiger partial charge in [0.1, 0.15) is 0 Å². The first-order chi connectivity index (χ1) is 8.70. The average molecular weight is 260 g/mol. The first-order valence-electron chi connectivity index (χ1n) is 6.43. The fourth-order valence-corrected chi connectivity index (χ4v) is 2.75. The van der Waals surface area contributed by atoms with Crippen molar-refractivity contribution in [3.05, 3.63) is 35.9 Å². The summed E-state index contributed by atoms with van der Waals surface area (Å²) in [6.07, 6.45) is 4.01. The summed E-state index contributed by atoms with van der Waals surface area (Å²) in [5, 5.41) is 13.6. The van der Waals surface area contributed by atoms with E-state index in [0.29, 0.717) is 11.3 Å². The van der Waals surface area contributed by atoms with Crippen LogP contribution in [-0.4, -0.2) is 24.1 Å². The van der Waals surface area contributed by atoms with Crippen LogP contribution in [0.3, 0.4) is 0 Å². The van der Waals surface area contributed by atoms with Crippen LogP contribution in [-0.2, 0) is 5.41 Å². The van der Waals surface area contributed by atoms with Crippen LogP contribution >= 0.6 is 11.8 Å². The molecule has 3 heteroatoms. The Bertz CT molecular complexity index is 418. The number of hydrogen-bond acceptors (Lipinski definition) is 3. The molecule has 0 saturated heterocycles. The van der Waals surface area contributed by atoms with E-state index < -0.39 is 0 Å². The predicted molar refractivity (Wildman–Crippen MR) is 77.7 cm³/mol. The third-order valence-corrected chi connectivity index (χ3v) is 4.80. The van der Waals surface area contributed by atoms with Gasteiger partial charge < -0.3 is 5.32 Å². The van der Waals surface area contributed by atoms with Crippen molar-refractivity contribution >= 4 is 11.8 Å². The second-order valence-corrected chi connectivity index (χ2v) is 6.40. The molecule has 1 N–H and O–H groups in total. The van der Waals surface area contributed by atoms with E-state index in [2.05, 4.69) is 36.7 Å².